The molecule has 1 N–H and O–H groups in total. The fraction of sp³-hybridized carbons (Fsp3) is 0.700. The molecule has 0 fully saturated rings. The monoisotopic (exact) mass is 179 g/mol. The van der Waals surface area contributed by atoms with Crippen molar-refractivity contribution in [1.82, 2.24) is 9.66 Å². The summed E-state index contributed by atoms with van der Waals surface area (Å²) in [5.74, 6) is 1.84. The van der Waals surface area contributed by atoms with E-state index in [0.29, 0.717) is 11.3 Å². The van der Waals surface area contributed by atoms with E-state index in [1.54, 1.807) is 0 Å². The second kappa shape index (κ2) is 2.76. The normalized spacial score (nSPS) is 22.2. The Morgan fingerprint density at radius 3 is 3.00 bits per heavy atom. The third-order valence-corrected chi connectivity index (χ3v) is 2.88. The zero-order valence-electron chi connectivity index (χ0n) is 8.54. The molecule has 1 aromatic heterocycles. The number of nitrogens with zero attached hydrogens (tertiary/aromatic N) is 2. The van der Waals surface area contributed by atoms with Crippen molar-refractivity contribution in [3.05, 3.63) is 18.2 Å². The Labute approximate surface area is 79.1 Å². The first-order valence-electron chi connectivity index (χ1n) is 4.83. The molecule has 0 amide bonds. The van der Waals surface area contributed by atoms with Gasteiger partial charge in [0.25, 0.3) is 0 Å². The van der Waals surface area contributed by atoms with Gasteiger partial charge in [0.2, 0.25) is 0 Å². The lowest BCUT2D eigenvalue weighted by atomic mass is 9.78. The molecule has 0 aliphatic carbocycles. The number of hydrogen-bond acceptors (Lipinski definition) is 2. The molecule has 0 saturated carbocycles. The SMILES string of the molecule is CC(C)(C)C1CNn2ccnc2C1. The van der Waals surface area contributed by atoms with Crippen LogP contribution in [0.15, 0.2) is 12.4 Å². The van der Waals surface area contributed by atoms with Crippen molar-refractivity contribution < 1.29 is 0 Å². The molecule has 2 heterocycles. The van der Waals surface area contributed by atoms with Crippen molar-refractivity contribution >= 4 is 0 Å². The molecule has 3 heteroatoms. The standard InChI is InChI=1S/C10H17N3/c1-10(2,3)8-6-9-11-4-5-13(9)12-7-8/h4-5,8,12H,6-7H2,1-3H3. The molecule has 1 aliphatic rings. The Kier molecular flexibility index (Phi) is 1.82. The summed E-state index contributed by atoms with van der Waals surface area (Å²) in [5.41, 5.74) is 3.72. The number of fused-ring (bicyclic) bond motifs is 1. The van der Waals surface area contributed by atoms with Gasteiger partial charge in [0, 0.05) is 25.4 Å². The zero-order valence-corrected chi connectivity index (χ0v) is 8.54. The van der Waals surface area contributed by atoms with Crippen LogP contribution in [0.2, 0.25) is 0 Å². The van der Waals surface area contributed by atoms with E-state index in [0.717, 1.165) is 18.8 Å². The first-order chi connectivity index (χ1) is 6.07. The summed E-state index contributed by atoms with van der Waals surface area (Å²) in [7, 11) is 0. The summed E-state index contributed by atoms with van der Waals surface area (Å²) in [6.45, 7) is 7.92. The largest absolute Gasteiger partial charge is 0.324 e. The van der Waals surface area contributed by atoms with Crippen molar-refractivity contribution in [2.24, 2.45) is 11.3 Å². The van der Waals surface area contributed by atoms with Crippen molar-refractivity contribution in [3.63, 3.8) is 0 Å². The molecule has 0 bridgehead atoms. The molecule has 72 valence electrons. The van der Waals surface area contributed by atoms with Gasteiger partial charge in [0.15, 0.2) is 0 Å². The van der Waals surface area contributed by atoms with Crippen LogP contribution in [-0.4, -0.2) is 16.2 Å². The summed E-state index contributed by atoms with van der Waals surface area (Å²) < 4.78 is 2.03. The number of imidazole rings is 1. The number of rotatable bonds is 0. The van der Waals surface area contributed by atoms with Crippen LogP contribution in [0, 0.1) is 11.3 Å². The zero-order chi connectivity index (χ0) is 9.47. The predicted molar refractivity (Wildman–Crippen MR) is 53.1 cm³/mol. The summed E-state index contributed by atoms with van der Waals surface area (Å²) in [6, 6.07) is 0. The Balaban J connectivity index is 2.18. The van der Waals surface area contributed by atoms with Crippen molar-refractivity contribution in [2.75, 3.05) is 12.0 Å². The van der Waals surface area contributed by atoms with Crippen LogP contribution < -0.4 is 5.43 Å². The fourth-order valence-corrected chi connectivity index (χ4v) is 1.74. The summed E-state index contributed by atoms with van der Waals surface area (Å²) in [6.07, 6.45) is 4.92. The van der Waals surface area contributed by atoms with Crippen LogP contribution >= 0.6 is 0 Å². The fourth-order valence-electron chi connectivity index (χ4n) is 1.74. The molecule has 1 unspecified atom stereocenters. The summed E-state index contributed by atoms with van der Waals surface area (Å²) in [4.78, 5) is 4.32. The molecule has 13 heavy (non-hydrogen) atoms. The highest BCUT2D eigenvalue weighted by Gasteiger charge is 2.28. The minimum Gasteiger partial charge on any atom is -0.324 e. The third kappa shape index (κ3) is 1.55. The van der Waals surface area contributed by atoms with Gasteiger partial charge in [-0.1, -0.05) is 20.8 Å². The average Bonchev–Trinajstić information content (AvgIpc) is 2.47. The van der Waals surface area contributed by atoms with Gasteiger partial charge in [-0.15, -0.1) is 0 Å². The van der Waals surface area contributed by atoms with Gasteiger partial charge in [-0.05, 0) is 11.3 Å². The van der Waals surface area contributed by atoms with Crippen molar-refractivity contribution in [1.29, 1.82) is 0 Å². The van der Waals surface area contributed by atoms with Gasteiger partial charge in [0.05, 0.1) is 0 Å². The number of hydrogen-bond donors (Lipinski definition) is 1. The maximum Gasteiger partial charge on any atom is 0.127 e. The van der Waals surface area contributed by atoms with Crippen molar-refractivity contribution in [2.45, 2.75) is 27.2 Å². The van der Waals surface area contributed by atoms with Gasteiger partial charge in [-0.25, -0.2) is 4.98 Å². The van der Waals surface area contributed by atoms with E-state index in [2.05, 4.69) is 31.2 Å². The Morgan fingerprint density at radius 1 is 1.54 bits per heavy atom. The molecule has 0 saturated heterocycles. The van der Waals surface area contributed by atoms with Crippen LogP contribution in [0.3, 0.4) is 0 Å². The van der Waals surface area contributed by atoms with E-state index < -0.39 is 0 Å². The van der Waals surface area contributed by atoms with E-state index in [1.165, 1.54) is 0 Å². The molecule has 3 nitrogen and oxygen atoms in total. The first kappa shape index (κ1) is 8.60. The summed E-state index contributed by atoms with van der Waals surface area (Å²) >= 11 is 0. The predicted octanol–water partition coefficient (Wildman–Crippen LogP) is 1.64. The molecular formula is C10H17N3. The highest BCUT2D eigenvalue weighted by molar-refractivity contribution is 5.04. The van der Waals surface area contributed by atoms with E-state index in [1.807, 2.05) is 17.1 Å². The van der Waals surface area contributed by atoms with Crippen LogP contribution in [0.25, 0.3) is 0 Å². The van der Waals surface area contributed by atoms with Crippen LogP contribution in [0.5, 0.6) is 0 Å². The highest BCUT2D eigenvalue weighted by atomic mass is 15.4. The average molecular weight is 179 g/mol. The molecular weight excluding hydrogens is 162 g/mol. The van der Waals surface area contributed by atoms with Crippen molar-refractivity contribution in [3.8, 4) is 0 Å². The second-order valence-corrected chi connectivity index (χ2v) is 4.84. The van der Waals surface area contributed by atoms with E-state index in [4.69, 9.17) is 0 Å². The first-order valence-corrected chi connectivity index (χ1v) is 4.83. The molecule has 1 atom stereocenters. The lowest BCUT2D eigenvalue weighted by Gasteiger charge is -2.34. The number of nitrogens with one attached hydrogen (secondary N) is 1. The quantitative estimate of drug-likeness (QED) is 0.656. The third-order valence-electron chi connectivity index (χ3n) is 2.88. The lowest BCUT2D eigenvalue weighted by molar-refractivity contribution is 0.230. The lowest BCUT2D eigenvalue weighted by Crippen LogP contribution is -2.38. The molecule has 1 aliphatic heterocycles. The smallest absolute Gasteiger partial charge is 0.127 e. The van der Waals surface area contributed by atoms with Gasteiger partial charge in [0.1, 0.15) is 5.82 Å². The van der Waals surface area contributed by atoms with E-state index in [9.17, 15) is 0 Å². The maximum atomic E-state index is 4.32. The molecule has 2 rings (SSSR count). The molecule has 0 radical (unpaired) electrons. The topological polar surface area (TPSA) is 29.9 Å². The Hall–Kier alpha value is -0.990. The van der Waals surface area contributed by atoms with Crippen LogP contribution in [0.1, 0.15) is 26.6 Å². The van der Waals surface area contributed by atoms with Gasteiger partial charge >= 0.3 is 0 Å². The Bertz CT molecular complexity index is 295. The van der Waals surface area contributed by atoms with Gasteiger partial charge < -0.3 is 5.43 Å². The minimum atomic E-state index is 0.365. The van der Waals surface area contributed by atoms with Crippen LogP contribution in [-0.2, 0) is 6.42 Å². The van der Waals surface area contributed by atoms with E-state index >= 15 is 0 Å². The molecule has 0 aromatic carbocycles. The maximum absolute atomic E-state index is 4.32. The minimum absolute atomic E-state index is 0.365. The summed E-state index contributed by atoms with van der Waals surface area (Å²) in [5, 5.41) is 0. The second-order valence-electron chi connectivity index (χ2n) is 4.84. The highest BCUT2D eigenvalue weighted by Crippen LogP contribution is 2.29. The molecule has 1 aromatic rings. The molecule has 0 spiro atoms. The number of aromatic nitrogens is 2. The van der Waals surface area contributed by atoms with Crippen LogP contribution in [0.4, 0.5) is 0 Å². The van der Waals surface area contributed by atoms with E-state index in [-0.39, 0.29) is 0 Å². The van der Waals surface area contributed by atoms with Gasteiger partial charge in [-0.3, -0.25) is 4.68 Å². The van der Waals surface area contributed by atoms with Gasteiger partial charge in [-0.2, -0.15) is 0 Å². The Morgan fingerprint density at radius 2 is 2.31 bits per heavy atom.